The first-order valence-corrected chi connectivity index (χ1v) is 6.31. The molecule has 3 nitrogen and oxygen atoms in total. The van der Waals surface area contributed by atoms with Crippen LogP contribution in [0.3, 0.4) is 0 Å². The van der Waals surface area contributed by atoms with Crippen LogP contribution >= 0.6 is 11.6 Å². The number of halogens is 4. The fourth-order valence-corrected chi connectivity index (χ4v) is 2.27. The third-order valence-corrected chi connectivity index (χ3v) is 3.25. The summed E-state index contributed by atoms with van der Waals surface area (Å²) < 4.78 is 39.0. The van der Waals surface area contributed by atoms with Crippen LogP contribution in [-0.4, -0.2) is 15.8 Å². The smallest absolute Gasteiger partial charge is 0.326 e. The predicted molar refractivity (Wildman–Crippen MR) is 70.5 cm³/mol. The number of aromatic nitrogens is 2. The largest absolute Gasteiger partial charge is 0.435 e. The van der Waals surface area contributed by atoms with Gasteiger partial charge < -0.3 is 5.73 Å². The molecule has 2 rings (SSSR count). The summed E-state index contributed by atoms with van der Waals surface area (Å²) in [6.45, 7) is 1.70. The molecule has 2 unspecified atom stereocenters. The molecule has 0 spiro atoms. The van der Waals surface area contributed by atoms with Crippen LogP contribution in [0.2, 0.25) is 5.02 Å². The Bertz CT molecular complexity index is 593. The van der Waals surface area contributed by atoms with Crippen molar-refractivity contribution in [2.45, 2.75) is 25.2 Å². The summed E-state index contributed by atoms with van der Waals surface area (Å²) in [5.41, 5.74) is 5.58. The second kappa shape index (κ2) is 5.46. The first kappa shape index (κ1) is 14.9. The predicted octanol–water partition coefficient (Wildman–Crippen LogP) is 3.49. The molecule has 1 aromatic heterocycles. The molecule has 7 heteroatoms. The van der Waals surface area contributed by atoms with E-state index in [2.05, 4.69) is 5.10 Å². The van der Waals surface area contributed by atoms with Crippen molar-refractivity contribution in [1.82, 2.24) is 9.78 Å². The monoisotopic (exact) mass is 303 g/mol. The van der Waals surface area contributed by atoms with E-state index in [-0.39, 0.29) is 0 Å². The third kappa shape index (κ3) is 2.96. The number of hydrogen-bond donors (Lipinski definition) is 1. The van der Waals surface area contributed by atoms with Gasteiger partial charge in [-0.3, -0.25) is 4.68 Å². The minimum absolute atomic E-state index is 0.443. The van der Waals surface area contributed by atoms with Gasteiger partial charge in [0.15, 0.2) is 5.69 Å². The van der Waals surface area contributed by atoms with E-state index in [1.807, 2.05) is 0 Å². The average Bonchev–Trinajstić information content (AvgIpc) is 2.80. The number of nitrogens with zero attached hydrogens (tertiary/aromatic N) is 2. The number of alkyl halides is 3. The topological polar surface area (TPSA) is 43.8 Å². The van der Waals surface area contributed by atoms with E-state index in [9.17, 15) is 13.2 Å². The van der Waals surface area contributed by atoms with Crippen LogP contribution in [0.5, 0.6) is 0 Å². The fourth-order valence-electron chi connectivity index (χ4n) is 2.03. The van der Waals surface area contributed by atoms with Crippen LogP contribution in [-0.2, 0) is 6.18 Å². The maximum atomic E-state index is 12.6. The van der Waals surface area contributed by atoms with Crippen LogP contribution in [0.25, 0.3) is 0 Å². The zero-order chi connectivity index (χ0) is 14.9. The van der Waals surface area contributed by atoms with Crippen molar-refractivity contribution in [3.63, 3.8) is 0 Å². The molecule has 1 aromatic carbocycles. The van der Waals surface area contributed by atoms with Crippen LogP contribution < -0.4 is 5.73 Å². The fraction of sp³-hybridized carbons (Fsp3) is 0.308. The highest BCUT2D eigenvalue weighted by Crippen LogP contribution is 2.31. The summed E-state index contributed by atoms with van der Waals surface area (Å²) >= 11 is 6.09. The van der Waals surface area contributed by atoms with Crippen molar-refractivity contribution in [1.29, 1.82) is 0 Å². The lowest BCUT2D eigenvalue weighted by atomic mass is 10.0. The average molecular weight is 304 g/mol. The maximum Gasteiger partial charge on any atom is 0.435 e. The van der Waals surface area contributed by atoms with Gasteiger partial charge in [0.1, 0.15) is 0 Å². The SMILES string of the molecule is CC(N)C(c1ccccc1Cl)n1ccc(C(F)(F)F)n1. The van der Waals surface area contributed by atoms with Crippen LogP contribution in [0.15, 0.2) is 36.5 Å². The van der Waals surface area contributed by atoms with Crippen LogP contribution in [0.1, 0.15) is 24.2 Å². The summed E-state index contributed by atoms with van der Waals surface area (Å²) in [4.78, 5) is 0. The molecule has 2 aromatic rings. The Labute approximate surface area is 119 Å². The second-order valence-corrected chi connectivity index (χ2v) is 4.91. The number of rotatable bonds is 3. The Hall–Kier alpha value is -1.53. The molecule has 1 heterocycles. The Morgan fingerprint density at radius 2 is 1.90 bits per heavy atom. The van der Waals surface area contributed by atoms with E-state index >= 15 is 0 Å². The quantitative estimate of drug-likeness (QED) is 0.943. The molecular formula is C13H13ClF3N3. The molecule has 0 amide bonds. The molecule has 0 saturated heterocycles. The Balaban J connectivity index is 2.45. The van der Waals surface area contributed by atoms with Gasteiger partial charge in [0.2, 0.25) is 0 Å². The standard InChI is InChI=1S/C13H13ClF3N3/c1-8(18)12(9-4-2-3-5-10(9)14)20-7-6-11(19-20)13(15,16)17/h2-8,12H,18H2,1H3. The van der Waals surface area contributed by atoms with Crippen LogP contribution in [0, 0.1) is 0 Å². The highest BCUT2D eigenvalue weighted by molar-refractivity contribution is 6.31. The molecule has 0 aliphatic heterocycles. The maximum absolute atomic E-state index is 12.6. The van der Waals surface area contributed by atoms with Gasteiger partial charge >= 0.3 is 6.18 Å². The Morgan fingerprint density at radius 3 is 2.40 bits per heavy atom. The van der Waals surface area contributed by atoms with E-state index in [1.165, 1.54) is 10.9 Å². The molecule has 0 fully saturated rings. The van der Waals surface area contributed by atoms with Gasteiger partial charge in [-0.05, 0) is 24.6 Å². The highest BCUT2D eigenvalue weighted by Gasteiger charge is 2.34. The van der Waals surface area contributed by atoms with E-state index in [1.54, 1.807) is 31.2 Å². The van der Waals surface area contributed by atoms with E-state index < -0.39 is 24.0 Å². The van der Waals surface area contributed by atoms with Crippen molar-refractivity contribution in [2.24, 2.45) is 5.73 Å². The molecule has 0 radical (unpaired) electrons. The lowest BCUT2D eigenvalue weighted by Crippen LogP contribution is -2.31. The summed E-state index contributed by atoms with van der Waals surface area (Å²) in [5, 5.41) is 4.02. The van der Waals surface area contributed by atoms with E-state index in [4.69, 9.17) is 17.3 Å². The zero-order valence-electron chi connectivity index (χ0n) is 10.6. The molecule has 2 atom stereocenters. The molecule has 0 aliphatic rings. The van der Waals surface area contributed by atoms with Crippen LogP contribution in [0.4, 0.5) is 13.2 Å². The molecule has 0 bridgehead atoms. The first-order valence-electron chi connectivity index (χ1n) is 5.93. The van der Waals surface area contributed by atoms with Crippen molar-refractivity contribution >= 4 is 11.6 Å². The van der Waals surface area contributed by atoms with Gasteiger partial charge in [0, 0.05) is 17.3 Å². The summed E-state index contributed by atoms with van der Waals surface area (Å²) in [7, 11) is 0. The number of nitrogens with two attached hydrogens (primary N) is 1. The molecule has 2 N–H and O–H groups in total. The lowest BCUT2D eigenvalue weighted by Gasteiger charge is -2.23. The van der Waals surface area contributed by atoms with Crippen molar-refractivity contribution in [3.8, 4) is 0 Å². The highest BCUT2D eigenvalue weighted by atomic mass is 35.5. The van der Waals surface area contributed by atoms with Crippen molar-refractivity contribution < 1.29 is 13.2 Å². The van der Waals surface area contributed by atoms with Gasteiger partial charge in [-0.15, -0.1) is 0 Å². The van der Waals surface area contributed by atoms with Gasteiger partial charge in [-0.1, -0.05) is 29.8 Å². The molecule has 108 valence electrons. The zero-order valence-corrected chi connectivity index (χ0v) is 11.4. The van der Waals surface area contributed by atoms with Crippen molar-refractivity contribution in [2.75, 3.05) is 0 Å². The number of benzene rings is 1. The first-order chi connectivity index (χ1) is 9.30. The Morgan fingerprint density at radius 1 is 1.25 bits per heavy atom. The minimum Gasteiger partial charge on any atom is -0.326 e. The van der Waals surface area contributed by atoms with E-state index in [0.29, 0.717) is 10.6 Å². The van der Waals surface area contributed by atoms with Gasteiger partial charge in [0.25, 0.3) is 0 Å². The molecular weight excluding hydrogens is 291 g/mol. The van der Waals surface area contributed by atoms with Gasteiger partial charge in [-0.25, -0.2) is 0 Å². The normalized spacial score (nSPS) is 15.1. The summed E-state index contributed by atoms with van der Waals surface area (Å²) in [5.74, 6) is 0. The minimum atomic E-state index is -4.48. The van der Waals surface area contributed by atoms with Gasteiger partial charge in [-0.2, -0.15) is 18.3 Å². The summed E-state index contributed by atoms with van der Waals surface area (Å²) in [6, 6.07) is 6.81. The molecule has 20 heavy (non-hydrogen) atoms. The Kier molecular flexibility index (Phi) is 4.06. The van der Waals surface area contributed by atoms with Crippen molar-refractivity contribution in [3.05, 3.63) is 52.8 Å². The third-order valence-electron chi connectivity index (χ3n) is 2.91. The lowest BCUT2D eigenvalue weighted by molar-refractivity contribution is -0.141. The number of hydrogen-bond acceptors (Lipinski definition) is 2. The molecule has 0 saturated carbocycles. The van der Waals surface area contributed by atoms with Gasteiger partial charge in [0.05, 0.1) is 6.04 Å². The van der Waals surface area contributed by atoms with E-state index in [0.717, 1.165) is 6.07 Å². The summed E-state index contributed by atoms with van der Waals surface area (Å²) in [6.07, 6.45) is -3.21. The molecule has 0 aliphatic carbocycles. The second-order valence-electron chi connectivity index (χ2n) is 4.50.